The van der Waals surface area contributed by atoms with Crippen molar-refractivity contribution in [3.63, 3.8) is 0 Å². The summed E-state index contributed by atoms with van der Waals surface area (Å²) in [5.74, 6) is -1.75. The van der Waals surface area contributed by atoms with Crippen molar-refractivity contribution < 1.29 is 36.9 Å². The van der Waals surface area contributed by atoms with Crippen molar-refractivity contribution in [2.24, 2.45) is 0 Å². The van der Waals surface area contributed by atoms with Gasteiger partial charge in [0.25, 0.3) is 0 Å². The first kappa shape index (κ1) is 32.0. The zero-order chi connectivity index (χ0) is 30.3. The molecule has 5 rings (SSSR count). The molecule has 224 valence electrons. The van der Waals surface area contributed by atoms with Crippen LogP contribution in [0.3, 0.4) is 0 Å². The maximum absolute atomic E-state index is 11.5. The van der Waals surface area contributed by atoms with Gasteiger partial charge in [-0.3, -0.25) is 9.59 Å². The van der Waals surface area contributed by atoms with Crippen LogP contribution in [-0.4, -0.2) is 28.2 Å². The fourth-order valence-corrected chi connectivity index (χ4v) is 6.18. The molecular weight excluding hydrogens is 584 g/mol. The van der Waals surface area contributed by atoms with Gasteiger partial charge in [-0.05, 0) is 52.5 Å². The van der Waals surface area contributed by atoms with Gasteiger partial charge in [0.1, 0.15) is 0 Å². The Balaban J connectivity index is 0.00000423. The van der Waals surface area contributed by atoms with Gasteiger partial charge in [-0.15, -0.1) is 33.5 Å². The monoisotopic (exact) mass is 620 g/mol. The third kappa shape index (κ3) is 6.10. The van der Waals surface area contributed by atoms with E-state index in [4.69, 9.17) is 20.3 Å². The van der Waals surface area contributed by atoms with Crippen LogP contribution in [0.25, 0.3) is 29.6 Å². The number of rotatable bonds is 8. The first-order valence-corrected chi connectivity index (χ1v) is 14.4. The summed E-state index contributed by atoms with van der Waals surface area (Å²) in [6, 6.07) is -0.213. The molecule has 5 heterocycles. The van der Waals surface area contributed by atoms with Crippen LogP contribution in [0.1, 0.15) is 89.3 Å². The average molecular weight is 621 g/mol. The molecule has 8 bridgehead atoms. The molecule has 0 amide bonds. The minimum Gasteiger partial charge on any atom is -0.678 e. The van der Waals surface area contributed by atoms with E-state index in [9.17, 15) is 19.8 Å². The fraction of sp³-hybridized carbons (Fsp3) is 0.353. The largest absolute Gasteiger partial charge is 4.00 e. The molecule has 0 saturated carbocycles. The second-order valence-corrected chi connectivity index (χ2v) is 11.1. The fourth-order valence-electron chi connectivity index (χ4n) is 6.18. The molecule has 0 aromatic carbocycles. The maximum atomic E-state index is 11.5. The van der Waals surface area contributed by atoms with Crippen LogP contribution in [0.5, 0.6) is 0 Å². The van der Waals surface area contributed by atoms with Crippen LogP contribution in [0.2, 0.25) is 0 Å². The predicted molar refractivity (Wildman–Crippen MR) is 164 cm³/mol. The molecule has 8 nitrogen and oxygen atoms in total. The minimum atomic E-state index is -0.877. The van der Waals surface area contributed by atoms with E-state index in [2.05, 4.69) is 27.4 Å². The van der Waals surface area contributed by atoms with E-state index in [1.165, 1.54) is 0 Å². The van der Waals surface area contributed by atoms with Gasteiger partial charge < -0.3 is 30.5 Å². The molecule has 0 spiro atoms. The van der Waals surface area contributed by atoms with Gasteiger partial charge >= 0.3 is 29.0 Å². The molecule has 2 N–H and O–H groups in total. The van der Waals surface area contributed by atoms with Crippen molar-refractivity contribution in [1.29, 1.82) is 0 Å². The topological polar surface area (TPSA) is 131 Å². The summed E-state index contributed by atoms with van der Waals surface area (Å²) in [6.07, 6.45) is 9.77. The number of carboxylic acids is 2. The zero-order valence-corrected chi connectivity index (χ0v) is 26.3. The molecule has 0 radical (unpaired) electrons. The van der Waals surface area contributed by atoms with Crippen molar-refractivity contribution in [2.75, 3.05) is 0 Å². The number of allylic oxidation sites excluding steroid dienone is 1. The number of fused-ring (bicyclic) bond motifs is 8. The number of hydrogen-bond acceptors (Lipinski definition) is 2. The normalized spacial score (nSPS) is 18.4. The van der Waals surface area contributed by atoms with Gasteiger partial charge in [-0.25, -0.2) is 0 Å². The average Bonchev–Trinajstić information content (AvgIpc) is 3.59. The first-order chi connectivity index (χ1) is 20.0. The molecule has 3 aromatic rings. The molecule has 1 unspecified atom stereocenters. The Kier molecular flexibility index (Phi) is 9.47. The number of carbonyl (C=O) groups is 2. The SMILES string of the molecule is C=Cc1c2[n-]c(c1C)/C=c1\[n-]/c(c(C)c1CC)=C\c1[n-]c(c(CCC(=O)O)c1C)/C=C1\[N-]C(C2)C(C)=C1CCC(=O)O.[Fe+4]. The second-order valence-electron chi connectivity index (χ2n) is 11.1. The van der Waals surface area contributed by atoms with Gasteiger partial charge in [0.05, 0.1) is 0 Å². The van der Waals surface area contributed by atoms with Crippen molar-refractivity contribution >= 4 is 36.2 Å². The third-order valence-corrected chi connectivity index (χ3v) is 8.65. The van der Waals surface area contributed by atoms with E-state index in [-0.39, 0.29) is 36.0 Å². The first-order valence-electron chi connectivity index (χ1n) is 14.4. The van der Waals surface area contributed by atoms with Gasteiger partial charge in [0.15, 0.2) is 0 Å². The van der Waals surface area contributed by atoms with Crippen LogP contribution in [0, 0.1) is 20.8 Å². The van der Waals surface area contributed by atoms with Crippen LogP contribution in [0.15, 0.2) is 23.4 Å². The summed E-state index contributed by atoms with van der Waals surface area (Å²) >= 11 is 0. The quantitative estimate of drug-likeness (QED) is 0.361. The Hall–Kier alpha value is -3.94. The van der Waals surface area contributed by atoms with E-state index in [0.29, 0.717) is 30.7 Å². The summed E-state index contributed by atoms with van der Waals surface area (Å²) in [5.41, 5.74) is 11.8. The van der Waals surface area contributed by atoms with Crippen molar-refractivity contribution in [2.45, 2.75) is 79.2 Å². The molecule has 3 aromatic heterocycles. The number of carboxylic acid groups (broad SMARTS) is 2. The van der Waals surface area contributed by atoms with Crippen molar-refractivity contribution in [1.82, 2.24) is 15.0 Å². The van der Waals surface area contributed by atoms with Crippen LogP contribution < -0.4 is 25.7 Å². The standard InChI is InChI=1S/C34H36N4O4.Fe/c1-7-21-17(3)25-13-26-19(5)23(9-11-33(39)40)31(37-26)16-32-24(10-12-34(41)42)20(6)28(38-32)15-30-22(8-2)18(4)27(36-30)14-29(21)35-25;/h8,13-14,16,28H,2,7,9-12,15H2,1,3-6H3,(H,39,40)(H,41,42);/q-4;+4/b25-13-,29-14-,32-16-;. The molecule has 0 aliphatic carbocycles. The zero-order valence-electron chi connectivity index (χ0n) is 25.2. The van der Waals surface area contributed by atoms with E-state index >= 15 is 0 Å². The van der Waals surface area contributed by atoms with Gasteiger partial charge in [-0.2, -0.15) is 5.69 Å². The Labute approximate surface area is 262 Å². The summed E-state index contributed by atoms with van der Waals surface area (Å²) in [6.45, 7) is 14.3. The molecule has 43 heavy (non-hydrogen) atoms. The van der Waals surface area contributed by atoms with Crippen LogP contribution in [0.4, 0.5) is 0 Å². The smallest absolute Gasteiger partial charge is 0.678 e. The molecule has 2 aliphatic rings. The summed E-state index contributed by atoms with van der Waals surface area (Å²) < 4.78 is 0. The van der Waals surface area contributed by atoms with Gasteiger partial charge in [0, 0.05) is 12.8 Å². The molecule has 1 atom stereocenters. The number of aliphatic carboxylic acids is 2. The van der Waals surface area contributed by atoms with E-state index in [1.807, 2.05) is 38.2 Å². The Bertz CT molecular complexity index is 1800. The third-order valence-electron chi connectivity index (χ3n) is 8.65. The molecule has 0 fully saturated rings. The summed E-state index contributed by atoms with van der Waals surface area (Å²) in [7, 11) is 0. The van der Waals surface area contributed by atoms with Crippen LogP contribution in [-0.2, 0) is 45.9 Å². The van der Waals surface area contributed by atoms with Crippen LogP contribution >= 0.6 is 0 Å². The molecule has 9 heteroatoms. The molecular formula is C34H36FeN4O4. The second kappa shape index (κ2) is 12.7. The molecule has 0 saturated heterocycles. The Morgan fingerprint density at radius 1 is 0.860 bits per heavy atom. The minimum absolute atomic E-state index is 0. The maximum Gasteiger partial charge on any atom is 4.00 e. The Morgan fingerprint density at radius 3 is 2.16 bits per heavy atom. The van der Waals surface area contributed by atoms with E-state index in [1.54, 1.807) is 0 Å². The van der Waals surface area contributed by atoms with Crippen molar-refractivity contribution in [3.05, 3.63) is 95.6 Å². The number of aromatic nitrogens is 3. The van der Waals surface area contributed by atoms with E-state index < -0.39 is 11.9 Å². The van der Waals surface area contributed by atoms with E-state index in [0.717, 1.165) is 78.7 Å². The summed E-state index contributed by atoms with van der Waals surface area (Å²) in [5, 5.41) is 25.7. The number of nitrogens with zero attached hydrogens (tertiary/aromatic N) is 4. The Morgan fingerprint density at radius 2 is 1.51 bits per heavy atom. The van der Waals surface area contributed by atoms with Gasteiger partial charge in [0.2, 0.25) is 0 Å². The summed E-state index contributed by atoms with van der Waals surface area (Å²) in [4.78, 5) is 38.1. The molecule has 2 aliphatic heterocycles. The number of hydrogen-bond donors (Lipinski definition) is 2. The van der Waals surface area contributed by atoms with Gasteiger partial charge in [-0.1, -0.05) is 89.2 Å². The predicted octanol–water partition coefficient (Wildman–Crippen LogP) is 4.20. The van der Waals surface area contributed by atoms with Crippen molar-refractivity contribution in [3.8, 4) is 0 Å².